The molecule has 0 saturated carbocycles. The van der Waals surface area contributed by atoms with Crippen LogP contribution in [-0.2, 0) is 9.47 Å². The van der Waals surface area contributed by atoms with Crippen LogP contribution in [0.4, 0.5) is 0 Å². The van der Waals surface area contributed by atoms with Gasteiger partial charge in [-0.25, -0.2) is 0 Å². The van der Waals surface area contributed by atoms with Gasteiger partial charge in [-0.3, -0.25) is 4.90 Å². The summed E-state index contributed by atoms with van der Waals surface area (Å²) in [4.78, 5) is 2.40. The molecule has 0 amide bonds. The number of rotatable bonds is 8. The molecule has 0 aromatic rings. The van der Waals surface area contributed by atoms with Gasteiger partial charge in [-0.05, 0) is 18.8 Å². The summed E-state index contributed by atoms with van der Waals surface area (Å²) in [6, 6.07) is 0. The zero-order valence-corrected chi connectivity index (χ0v) is 11.4. The molecule has 1 rings (SSSR count). The average Bonchev–Trinajstić information content (AvgIpc) is 2.33. The minimum atomic E-state index is 0.664. The lowest BCUT2D eigenvalue weighted by atomic mass is 10.2. The lowest BCUT2D eigenvalue weighted by Gasteiger charge is -2.26. The number of morpholine rings is 1. The van der Waals surface area contributed by atoms with Crippen molar-refractivity contribution in [2.75, 3.05) is 46.1 Å². The summed E-state index contributed by atoms with van der Waals surface area (Å²) in [5.41, 5.74) is 0. The molecule has 0 aliphatic carbocycles. The van der Waals surface area contributed by atoms with Gasteiger partial charge in [-0.15, -0.1) is 0 Å². The van der Waals surface area contributed by atoms with Gasteiger partial charge in [0, 0.05) is 26.2 Å². The molecule has 1 fully saturated rings. The molecule has 3 nitrogen and oxygen atoms in total. The zero-order valence-electron chi connectivity index (χ0n) is 11.4. The molecule has 0 spiro atoms. The molecule has 17 heavy (non-hydrogen) atoms. The first-order chi connectivity index (χ1) is 8.29. The number of unbranched alkanes of at least 4 members (excludes halogenated alkanes) is 1. The Morgan fingerprint density at radius 3 is 2.71 bits per heavy atom. The van der Waals surface area contributed by atoms with Gasteiger partial charge in [0.25, 0.3) is 0 Å². The van der Waals surface area contributed by atoms with E-state index in [0.29, 0.717) is 5.92 Å². The van der Waals surface area contributed by atoms with Crippen LogP contribution in [0.25, 0.3) is 0 Å². The molecule has 0 N–H and O–H groups in total. The monoisotopic (exact) mass is 241 g/mol. The largest absolute Gasteiger partial charge is 0.380 e. The van der Waals surface area contributed by atoms with Crippen LogP contribution >= 0.6 is 0 Å². The highest BCUT2D eigenvalue weighted by Gasteiger charge is 2.08. The Hall–Kier alpha value is -0.380. The Bertz CT molecular complexity index is 198. The maximum absolute atomic E-state index is 5.63. The van der Waals surface area contributed by atoms with Gasteiger partial charge < -0.3 is 9.47 Å². The van der Waals surface area contributed by atoms with Crippen molar-refractivity contribution in [3.8, 4) is 0 Å². The predicted octanol–water partition coefficient (Wildman–Crippen LogP) is 2.33. The zero-order chi connectivity index (χ0) is 12.3. The predicted molar refractivity (Wildman–Crippen MR) is 71.3 cm³/mol. The fourth-order valence-electron chi connectivity index (χ4n) is 1.79. The van der Waals surface area contributed by atoms with E-state index in [-0.39, 0.29) is 0 Å². The summed E-state index contributed by atoms with van der Waals surface area (Å²) in [5.74, 6) is 0.664. The van der Waals surface area contributed by atoms with Gasteiger partial charge in [0.1, 0.15) is 0 Å². The van der Waals surface area contributed by atoms with Gasteiger partial charge in [-0.1, -0.05) is 26.0 Å². The molecule has 0 bridgehead atoms. The smallest absolute Gasteiger partial charge is 0.0594 e. The SMILES string of the molecule is CC(C)C=CCCCOCCN1CCOCC1. The number of hydrogen-bond donors (Lipinski definition) is 0. The fraction of sp³-hybridized carbons (Fsp3) is 0.857. The highest BCUT2D eigenvalue weighted by molar-refractivity contribution is 4.83. The molecule has 0 aromatic heterocycles. The van der Waals surface area contributed by atoms with Crippen LogP contribution in [0.2, 0.25) is 0 Å². The third-order valence-corrected chi connectivity index (χ3v) is 2.84. The van der Waals surface area contributed by atoms with Crippen LogP contribution in [0.1, 0.15) is 26.7 Å². The van der Waals surface area contributed by atoms with E-state index in [1.807, 2.05) is 0 Å². The van der Waals surface area contributed by atoms with E-state index in [9.17, 15) is 0 Å². The molecule has 0 atom stereocenters. The molecule has 100 valence electrons. The van der Waals surface area contributed by atoms with Gasteiger partial charge in [0.05, 0.1) is 19.8 Å². The summed E-state index contributed by atoms with van der Waals surface area (Å²) in [6.07, 6.45) is 6.78. The van der Waals surface area contributed by atoms with E-state index in [1.165, 1.54) is 0 Å². The maximum Gasteiger partial charge on any atom is 0.0594 e. The first-order valence-corrected chi connectivity index (χ1v) is 6.83. The van der Waals surface area contributed by atoms with Gasteiger partial charge in [-0.2, -0.15) is 0 Å². The molecular weight excluding hydrogens is 214 g/mol. The Kier molecular flexibility index (Phi) is 8.32. The van der Waals surface area contributed by atoms with Crippen LogP contribution < -0.4 is 0 Å². The van der Waals surface area contributed by atoms with E-state index in [1.54, 1.807) is 0 Å². The highest BCUT2D eigenvalue weighted by atomic mass is 16.5. The average molecular weight is 241 g/mol. The van der Waals surface area contributed by atoms with Crippen molar-refractivity contribution >= 4 is 0 Å². The first-order valence-electron chi connectivity index (χ1n) is 6.83. The Morgan fingerprint density at radius 2 is 2.00 bits per heavy atom. The first kappa shape index (κ1) is 14.7. The molecule has 3 heteroatoms. The molecule has 1 aliphatic rings. The highest BCUT2D eigenvalue weighted by Crippen LogP contribution is 1.99. The Balaban J connectivity index is 1.84. The fourth-order valence-corrected chi connectivity index (χ4v) is 1.79. The van der Waals surface area contributed by atoms with Gasteiger partial charge >= 0.3 is 0 Å². The van der Waals surface area contributed by atoms with Crippen molar-refractivity contribution in [2.45, 2.75) is 26.7 Å². The number of hydrogen-bond acceptors (Lipinski definition) is 3. The summed E-state index contributed by atoms with van der Waals surface area (Å²) in [6.45, 7) is 11.1. The molecular formula is C14H27NO2. The summed E-state index contributed by atoms with van der Waals surface area (Å²) in [5, 5.41) is 0. The quantitative estimate of drug-likeness (QED) is 0.481. The van der Waals surface area contributed by atoms with Crippen molar-refractivity contribution in [2.24, 2.45) is 5.92 Å². The van der Waals surface area contributed by atoms with Crippen molar-refractivity contribution in [1.82, 2.24) is 4.90 Å². The number of allylic oxidation sites excluding steroid dienone is 2. The van der Waals surface area contributed by atoms with E-state index in [2.05, 4.69) is 30.9 Å². The maximum atomic E-state index is 5.63. The molecule has 1 saturated heterocycles. The van der Waals surface area contributed by atoms with Crippen molar-refractivity contribution in [3.63, 3.8) is 0 Å². The molecule has 1 aliphatic heterocycles. The standard InChI is InChI=1S/C14H27NO2/c1-14(2)6-4-3-5-10-16-11-7-15-8-12-17-13-9-15/h4,6,14H,3,5,7-13H2,1-2H3. The lowest BCUT2D eigenvalue weighted by Crippen LogP contribution is -2.38. The van der Waals surface area contributed by atoms with E-state index < -0.39 is 0 Å². The van der Waals surface area contributed by atoms with Gasteiger partial charge in [0.2, 0.25) is 0 Å². The number of ether oxygens (including phenoxy) is 2. The summed E-state index contributed by atoms with van der Waals surface area (Å²) in [7, 11) is 0. The van der Waals surface area contributed by atoms with Crippen molar-refractivity contribution in [1.29, 1.82) is 0 Å². The van der Waals surface area contributed by atoms with Crippen LogP contribution in [0.5, 0.6) is 0 Å². The van der Waals surface area contributed by atoms with Crippen LogP contribution in [0, 0.1) is 5.92 Å². The lowest BCUT2D eigenvalue weighted by molar-refractivity contribution is 0.0203. The summed E-state index contributed by atoms with van der Waals surface area (Å²) < 4.78 is 10.9. The second-order valence-corrected chi connectivity index (χ2v) is 4.88. The number of nitrogens with zero attached hydrogens (tertiary/aromatic N) is 1. The van der Waals surface area contributed by atoms with Gasteiger partial charge in [0.15, 0.2) is 0 Å². The minimum absolute atomic E-state index is 0.664. The second kappa shape index (κ2) is 9.63. The Morgan fingerprint density at radius 1 is 1.24 bits per heavy atom. The van der Waals surface area contributed by atoms with Crippen LogP contribution in [-0.4, -0.2) is 51.0 Å². The van der Waals surface area contributed by atoms with Crippen molar-refractivity contribution < 1.29 is 9.47 Å². The van der Waals surface area contributed by atoms with E-state index in [4.69, 9.17) is 9.47 Å². The third-order valence-electron chi connectivity index (χ3n) is 2.84. The molecule has 0 aromatic carbocycles. The molecule has 1 heterocycles. The Labute approximate surface area is 106 Å². The molecule has 0 radical (unpaired) electrons. The third kappa shape index (κ3) is 8.36. The minimum Gasteiger partial charge on any atom is -0.380 e. The van der Waals surface area contributed by atoms with Crippen molar-refractivity contribution in [3.05, 3.63) is 12.2 Å². The normalized spacial score (nSPS) is 18.3. The molecule has 0 unspecified atom stereocenters. The van der Waals surface area contributed by atoms with Crippen LogP contribution in [0.3, 0.4) is 0 Å². The van der Waals surface area contributed by atoms with E-state index >= 15 is 0 Å². The second-order valence-electron chi connectivity index (χ2n) is 4.88. The topological polar surface area (TPSA) is 21.7 Å². The van der Waals surface area contributed by atoms with E-state index in [0.717, 1.165) is 58.9 Å². The summed E-state index contributed by atoms with van der Waals surface area (Å²) >= 11 is 0. The van der Waals surface area contributed by atoms with Crippen LogP contribution in [0.15, 0.2) is 12.2 Å².